The number of carbonyl (C=O) groups excluding carboxylic acids is 2. The molecule has 0 aromatic carbocycles. The molecule has 1 amide bonds. The first kappa shape index (κ1) is 69.5. The van der Waals surface area contributed by atoms with Crippen LogP contribution in [-0.4, -0.2) is 69.4 Å². The van der Waals surface area contributed by atoms with E-state index >= 15 is 0 Å². The highest BCUT2D eigenvalue weighted by Crippen LogP contribution is 2.38. The quantitative estimate of drug-likeness (QED) is 0.0212. The molecule has 0 aromatic heterocycles. The van der Waals surface area contributed by atoms with Crippen molar-refractivity contribution in [3.63, 3.8) is 0 Å². The van der Waals surface area contributed by atoms with E-state index in [1.807, 2.05) is 33.3 Å². The van der Waals surface area contributed by atoms with Gasteiger partial charge in [0.25, 0.3) is 7.82 Å². The second-order valence-electron chi connectivity index (χ2n) is 21.1. The summed E-state index contributed by atoms with van der Waals surface area (Å²) in [7, 11) is 1.17. The number of hydrogen-bond acceptors (Lipinski definition) is 7. The molecule has 72 heavy (non-hydrogen) atoms. The molecule has 1 N–H and O–H groups in total. The maximum atomic E-state index is 13.5. The minimum Gasteiger partial charge on any atom is -0.756 e. The number of amides is 1. The molecule has 0 aliphatic heterocycles. The molecule has 0 aliphatic rings. The monoisotopic (exact) mass is 1030 g/mol. The molecule has 0 aromatic rings. The maximum Gasteiger partial charge on any atom is 0.306 e. The Balaban J connectivity index is 5.24. The number of nitrogens with zero attached hydrogens (tertiary/aromatic N) is 1. The van der Waals surface area contributed by atoms with Gasteiger partial charge in [0.15, 0.2) is 0 Å². The minimum absolute atomic E-state index is 0.0286. The zero-order valence-electron chi connectivity index (χ0n) is 47.6. The third kappa shape index (κ3) is 52.3. The van der Waals surface area contributed by atoms with E-state index in [-0.39, 0.29) is 24.9 Å². The van der Waals surface area contributed by atoms with Crippen LogP contribution in [0.5, 0.6) is 0 Å². The summed E-state index contributed by atoms with van der Waals surface area (Å²) in [6.07, 6.45) is 65.8. The lowest BCUT2D eigenvalue weighted by atomic mass is 10.0. The van der Waals surface area contributed by atoms with E-state index in [0.29, 0.717) is 23.9 Å². The summed E-state index contributed by atoms with van der Waals surface area (Å²) in [5, 5.41) is 3.02. The van der Waals surface area contributed by atoms with Gasteiger partial charge < -0.3 is 28.5 Å². The minimum atomic E-state index is -4.70. The van der Waals surface area contributed by atoms with Gasteiger partial charge in [-0.25, -0.2) is 0 Å². The Morgan fingerprint density at radius 2 is 0.889 bits per heavy atom. The number of hydrogen-bond donors (Lipinski definition) is 1. The lowest BCUT2D eigenvalue weighted by molar-refractivity contribution is -0.870. The van der Waals surface area contributed by atoms with Crippen molar-refractivity contribution in [3.8, 4) is 0 Å². The average Bonchev–Trinajstić information content (AvgIpc) is 3.34. The smallest absolute Gasteiger partial charge is 0.306 e. The van der Waals surface area contributed by atoms with Crippen molar-refractivity contribution in [1.29, 1.82) is 0 Å². The summed E-state index contributed by atoms with van der Waals surface area (Å²) in [6, 6.07) is -0.900. The van der Waals surface area contributed by atoms with E-state index in [0.717, 1.165) is 96.3 Å². The van der Waals surface area contributed by atoms with E-state index < -0.39 is 26.6 Å². The number of esters is 1. The Hall–Kier alpha value is -2.55. The summed E-state index contributed by atoms with van der Waals surface area (Å²) >= 11 is 0. The third-order valence-corrected chi connectivity index (χ3v) is 13.8. The normalized spacial score (nSPS) is 14.3. The van der Waals surface area contributed by atoms with Crippen LogP contribution >= 0.6 is 7.82 Å². The van der Waals surface area contributed by atoms with E-state index in [1.54, 1.807) is 0 Å². The van der Waals surface area contributed by atoms with Gasteiger partial charge in [-0.3, -0.25) is 14.2 Å². The number of nitrogens with one attached hydrogen (secondary N) is 1. The second kappa shape index (κ2) is 51.9. The van der Waals surface area contributed by atoms with Gasteiger partial charge in [-0.1, -0.05) is 222 Å². The fourth-order valence-electron chi connectivity index (χ4n) is 8.27. The topological polar surface area (TPSA) is 114 Å². The number of allylic oxidation sites excluding steroid dienone is 11. The van der Waals surface area contributed by atoms with Gasteiger partial charge in [0.05, 0.1) is 33.8 Å². The van der Waals surface area contributed by atoms with Crippen molar-refractivity contribution in [2.45, 2.75) is 270 Å². The molecule has 0 aliphatic carbocycles. The fourth-order valence-corrected chi connectivity index (χ4v) is 8.99. The maximum absolute atomic E-state index is 13.5. The average molecular weight is 1030 g/mol. The number of phosphoric ester groups is 1. The molecule has 3 unspecified atom stereocenters. The number of unbranched alkanes of at least 4 members (excludes halogenated alkanes) is 27. The van der Waals surface area contributed by atoms with Gasteiger partial charge in [0.1, 0.15) is 19.3 Å². The van der Waals surface area contributed by atoms with Crippen LogP contribution in [-0.2, 0) is 27.9 Å². The van der Waals surface area contributed by atoms with E-state index in [2.05, 4.69) is 86.8 Å². The lowest BCUT2D eigenvalue weighted by Crippen LogP contribution is -2.47. The van der Waals surface area contributed by atoms with E-state index in [1.165, 1.54) is 122 Å². The molecule has 0 fully saturated rings. The van der Waals surface area contributed by atoms with Crippen LogP contribution in [0, 0.1) is 0 Å². The van der Waals surface area contributed by atoms with E-state index in [4.69, 9.17) is 13.8 Å². The molecular formula is C62H113N2O7P. The predicted molar refractivity (Wildman–Crippen MR) is 307 cm³/mol. The fraction of sp³-hybridized carbons (Fsp3) is 0.774. The number of quaternary nitrogens is 1. The molecule has 3 atom stereocenters. The molecule has 0 saturated carbocycles. The van der Waals surface area contributed by atoms with Crippen molar-refractivity contribution < 1.29 is 37.3 Å². The molecular weight excluding hydrogens is 916 g/mol. The van der Waals surface area contributed by atoms with Crippen LogP contribution in [0.25, 0.3) is 0 Å². The number of phosphoric acid groups is 1. The molecule has 9 nitrogen and oxygen atoms in total. The lowest BCUT2D eigenvalue weighted by Gasteiger charge is -2.30. The SMILES string of the molecule is CC/C=C/C/C=C/C/C=C/CCCCCCC(=O)OC(/C=C\CCCCCCCCCCC)C(COP(=O)([O-])OCC[N+](C)(C)C)NC(=O)CCCCCCCCCCCCC/C=C\C/C=C\CCCCC. The van der Waals surface area contributed by atoms with Crippen LogP contribution in [0.15, 0.2) is 72.9 Å². The van der Waals surface area contributed by atoms with Crippen molar-refractivity contribution in [1.82, 2.24) is 5.32 Å². The van der Waals surface area contributed by atoms with Crippen LogP contribution < -0.4 is 10.2 Å². The van der Waals surface area contributed by atoms with Gasteiger partial charge in [-0.2, -0.15) is 0 Å². The highest BCUT2D eigenvalue weighted by Gasteiger charge is 2.27. The van der Waals surface area contributed by atoms with Gasteiger partial charge in [-0.05, 0) is 96.0 Å². The zero-order chi connectivity index (χ0) is 52.9. The second-order valence-corrected chi connectivity index (χ2v) is 22.5. The van der Waals surface area contributed by atoms with Crippen LogP contribution in [0.2, 0.25) is 0 Å². The number of ether oxygens (including phenoxy) is 1. The Morgan fingerprint density at radius 3 is 1.36 bits per heavy atom. The zero-order valence-corrected chi connectivity index (χ0v) is 48.5. The Morgan fingerprint density at radius 1 is 0.500 bits per heavy atom. The molecule has 0 heterocycles. The summed E-state index contributed by atoms with van der Waals surface area (Å²) in [6.45, 7) is 6.68. The van der Waals surface area contributed by atoms with Crippen molar-refractivity contribution >= 4 is 19.7 Å². The highest BCUT2D eigenvalue weighted by molar-refractivity contribution is 7.45. The predicted octanol–water partition coefficient (Wildman–Crippen LogP) is 17.4. The first-order valence-electron chi connectivity index (χ1n) is 29.7. The van der Waals surface area contributed by atoms with Crippen molar-refractivity contribution in [3.05, 3.63) is 72.9 Å². The first-order valence-corrected chi connectivity index (χ1v) is 31.2. The largest absolute Gasteiger partial charge is 0.756 e. The summed E-state index contributed by atoms with van der Waals surface area (Å²) in [5.41, 5.74) is 0. The molecule has 0 spiro atoms. The first-order chi connectivity index (χ1) is 34.9. The van der Waals surface area contributed by atoms with Gasteiger partial charge in [0.2, 0.25) is 5.91 Å². The number of likely N-dealkylation sites (N-methyl/N-ethyl adjacent to an activating group) is 1. The van der Waals surface area contributed by atoms with E-state index in [9.17, 15) is 19.0 Å². The molecule has 0 saturated heterocycles. The molecule has 10 heteroatoms. The van der Waals surface area contributed by atoms with Gasteiger partial charge in [0, 0.05) is 12.8 Å². The Bertz CT molecular complexity index is 1460. The van der Waals surface area contributed by atoms with Crippen LogP contribution in [0.1, 0.15) is 258 Å². The Kier molecular flexibility index (Phi) is 50.1. The standard InChI is InChI=1S/C62H113N2O7P/c1-7-10-13-16-19-22-25-27-29-30-31-32-33-34-35-36-39-42-45-48-51-54-61(65)63-59(58-70-72(67,68)69-57-56-64(4,5)6)60(53-50-47-44-41-38-24-21-18-15-12-9-3)71-62(66)55-52-49-46-43-40-37-28-26-23-20-17-14-11-8-2/h11,14,19-20,22-23,27-29,37,50,53,59-60H,7-10,12-13,15-18,21,24-26,30-36,38-49,51-52,54-58H2,1-6H3,(H-,63,65,67,68)/b14-11+,22-19-,23-20+,29-27-,37-28+,53-50-. The molecule has 418 valence electrons. The molecule has 0 radical (unpaired) electrons. The summed E-state index contributed by atoms with van der Waals surface area (Å²) < 4.78 is 30.2. The van der Waals surface area contributed by atoms with Crippen molar-refractivity contribution in [2.24, 2.45) is 0 Å². The third-order valence-electron chi connectivity index (χ3n) is 12.9. The van der Waals surface area contributed by atoms with Crippen molar-refractivity contribution in [2.75, 3.05) is 40.9 Å². The van der Waals surface area contributed by atoms with Crippen LogP contribution in [0.4, 0.5) is 0 Å². The highest BCUT2D eigenvalue weighted by atomic mass is 31.2. The Labute approximate surface area is 444 Å². The molecule has 0 rings (SSSR count). The summed E-state index contributed by atoms with van der Waals surface area (Å²) in [5.74, 6) is -0.570. The number of carbonyl (C=O) groups is 2. The summed E-state index contributed by atoms with van der Waals surface area (Å²) in [4.78, 5) is 39.9. The number of rotatable bonds is 53. The van der Waals surface area contributed by atoms with Gasteiger partial charge >= 0.3 is 5.97 Å². The van der Waals surface area contributed by atoms with Gasteiger partial charge in [-0.15, -0.1) is 0 Å². The molecule has 0 bridgehead atoms. The van der Waals surface area contributed by atoms with Crippen LogP contribution in [0.3, 0.4) is 0 Å².